The maximum atomic E-state index is 11.9. The third-order valence-corrected chi connectivity index (χ3v) is 3.72. The standard InChI is InChI=1S/C13H20N2OS/c1-10(17-3)8-9-15-13(16)11-6-4-5-7-12(11)14-2/h4-7,10,14H,8-9H2,1-3H3,(H,15,16). The SMILES string of the molecule is CNc1ccccc1C(=O)NCCC(C)SC. The van der Waals surface area contributed by atoms with Gasteiger partial charge in [-0.1, -0.05) is 19.1 Å². The zero-order valence-electron chi connectivity index (χ0n) is 10.6. The third kappa shape index (κ3) is 4.30. The fourth-order valence-electron chi connectivity index (χ4n) is 1.50. The van der Waals surface area contributed by atoms with Gasteiger partial charge in [-0.25, -0.2) is 0 Å². The number of benzene rings is 1. The lowest BCUT2D eigenvalue weighted by Gasteiger charge is -2.11. The number of anilines is 1. The third-order valence-electron chi connectivity index (χ3n) is 2.68. The number of hydrogen-bond acceptors (Lipinski definition) is 3. The van der Waals surface area contributed by atoms with Gasteiger partial charge < -0.3 is 10.6 Å². The summed E-state index contributed by atoms with van der Waals surface area (Å²) in [5, 5.41) is 6.55. The van der Waals surface area contributed by atoms with Crippen LogP contribution in [0, 0.1) is 0 Å². The van der Waals surface area contributed by atoms with Gasteiger partial charge in [-0.15, -0.1) is 0 Å². The second-order valence-electron chi connectivity index (χ2n) is 3.89. The van der Waals surface area contributed by atoms with Gasteiger partial charge in [0.25, 0.3) is 5.91 Å². The maximum Gasteiger partial charge on any atom is 0.253 e. The van der Waals surface area contributed by atoms with E-state index >= 15 is 0 Å². The molecule has 0 aliphatic carbocycles. The summed E-state index contributed by atoms with van der Waals surface area (Å²) in [5.41, 5.74) is 1.56. The Kier molecular flexibility index (Phi) is 5.91. The Morgan fingerprint density at radius 1 is 1.41 bits per heavy atom. The van der Waals surface area contributed by atoms with Crippen LogP contribution in [-0.2, 0) is 0 Å². The minimum atomic E-state index is -0.0109. The first-order valence-electron chi connectivity index (χ1n) is 5.76. The van der Waals surface area contributed by atoms with E-state index in [9.17, 15) is 4.79 Å². The Morgan fingerprint density at radius 3 is 2.76 bits per heavy atom. The molecule has 1 atom stereocenters. The van der Waals surface area contributed by atoms with E-state index in [0.29, 0.717) is 10.8 Å². The van der Waals surface area contributed by atoms with Crippen LogP contribution in [0.25, 0.3) is 0 Å². The molecule has 2 N–H and O–H groups in total. The number of carbonyl (C=O) groups is 1. The molecule has 0 aliphatic heterocycles. The first-order valence-corrected chi connectivity index (χ1v) is 7.05. The summed E-state index contributed by atoms with van der Waals surface area (Å²) in [7, 11) is 1.82. The molecule has 4 heteroatoms. The molecule has 1 unspecified atom stereocenters. The van der Waals surface area contributed by atoms with Crippen LogP contribution in [0.2, 0.25) is 0 Å². The molecule has 0 spiro atoms. The Labute approximate surface area is 107 Å². The Balaban J connectivity index is 2.52. The van der Waals surface area contributed by atoms with E-state index in [2.05, 4.69) is 23.8 Å². The van der Waals surface area contributed by atoms with Crippen LogP contribution in [0.15, 0.2) is 24.3 Å². The zero-order valence-corrected chi connectivity index (χ0v) is 11.4. The highest BCUT2D eigenvalue weighted by Crippen LogP contribution is 2.14. The van der Waals surface area contributed by atoms with Crippen molar-refractivity contribution >= 4 is 23.4 Å². The van der Waals surface area contributed by atoms with E-state index < -0.39 is 0 Å². The van der Waals surface area contributed by atoms with Gasteiger partial charge in [0, 0.05) is 24.5 Å². The number of nitrogens with one attached hydrogen (secondary N) is 2. The molecule has 1 amide bonds. The van der Waals surface area contributed by atoms with Gasteiger partial charge in [-0.05, 0) is 24.8 Å². The maximum absolute atomic E-state index is 11.9. The zero-order chi connectivity index (χ0) is 12.7. The molecule has 0 radical (unpaired) electrons. The van der Waals surface area contributed by atoms with Crippen molar-refractivity contribution < 1.29 is 4.79 Å². The van der Waals surface area contributed by atoms with Gasteiger partial charge in [-0.3, -0.25) is 4.79 Å². The van der Waals surface area contributed by atoms with Gasteiger partial charge in [0.1, 0.15) is 0 Å². The number of hydrogen-bond donors (Lipinski definition) is 2. The summed E-state index contributed by atoms with van der Waals surface area (Å²) < 4.78 is 0. The van der Waals surface area contributed by atoms with Crippen molar-refractivity contribution in [1.82, 2.24) is 5.32 Å². The van der Waals surface area contributed by atoms with Crippen molar-refractivity contribution in [2.75, 3.05) is 25.2 Å². The molecule has 0 fully saturated rings. The number of amides is 1. The highest BCUT2D eigenvalue weighted by Gasteiger charge is 2.09. The molecule has 1 rings (SSSR count). The van der Waals surface area contributed by atoms with Crippen LogP contribution in [0.3, 0.4) is 0 Å². The van der Waals surface area contributed by atoms with Crippen molar-refractivity contribution in [3.8, 4) is 0 Å². The molecular weight excluding hydrogens is 232 g/mol. The van der Waals surface area contributed by atoms with E-state index in [1.807, 2.05) is 43.1 Å². The number of para-hydroxylation sites is 1. The number of carbonyl (C=O) groups excluding carboxylic acids is 1. The highest BCUT2D eigenvalue weighted by atomic mass is 32.2. The quantitative estimate of drug-likeness (QED) is 0.817. The van der Waals surface area contributed by atoms with Crippen LogP contribution in [0.4, 0.5) is 5.69 Å². The van der Waals surface area contributed by atoms with Crippen LogP contribution >= 0.6 is 11.8 Å². The second kappa shape index (κ2) is 7.22. The van der Waals surface area contributed by atoms with Crippen LogP contribution < -0.4 is 10.6 Å². The normalized spacial score (nSPS) is 11.9. The first kappa shape index (κ1) is 13.9. The average Bonchev–Trinajstić information content (AvgIpc) is 2.38. The van der Waals surface area contributed by atoms with E-state index in [0.717, 1.165) is 18.7 Å². The molecule has 0 heterocycles. The van der Waals surface area contributed by atoms with Crippen LogP contribution in [0.5, 0.6) is 0 Å². The molecule has 1 aromatic rings. The molecule has 0 bridgehead atoms. The monoisotopic (exact) mass is 252 g/mol. The minimum Gasteiger partial charge on any atom is -0.387 e. The lowest BCUT2D eigenvalue weighted by molar-refractivity contribution is 0.0954. The Hall–Kier alpha value is -1.16. The van der Waals surface area contributed by atoms with Crippen molar-refractivity contribution in [2.45, 2.75) is 18.6 Å². The molecule has 0 saturated carbocycles. The molecule has 3 nitrogen and oxygen atoms in total. The average molecular weight is 252 g/mol. The Bertz CT molecular complexity index is 368. The van der Waals surface area contributed by atoms with Gasteiger partial charge >= 0.3 is 0 Å². The first-order chi connectivity index (χ1) is 8.19. The molecule has 1 aromatic carbocycles. The number of rotatable bonds is 6. The predicted octanol–water partition coefficient (Wildman–Crippen LogP) is 2.60. The summed E-state index contributed by atoms with van der Waals surface area (Å²) in [6.07, 6.45) is 3.08. The van der Waals surface area contributed by atoms with Crippen molar-refractivity contribution in [1.29, 1.82) is 0 Å². The largest absolute Gasteiger partial charge is 0.387 e. The number of thioether (sulfide) groups is 1. The van der Waals surface area contributed by atoms with E-state index in [-0.39, 0.29) is 5.91 Å². The van der Waals surface area contributed by atoms with Crippen molar-refractivity contribution in [3.05, 3.63) is 29.8 Å². The molecule has 94 valence electrons. The fraction of sp³-hybridized carbons (Fsp3) is 0.462. The van der Waals surface area contributed by atoms with Gasteiger partial charge in [-0.2, -0.15) is 11.8 Å². The van der Waals surface area contributed by atoms with Gasteiger partial charge in [0.05, 0.1) is 5.56 Å². The summed E-state index contributed by atoms with van der Waals surface area (Å²) in [6.45, 7) is 2.89. The van der Waals surface area contributed by atoms with E-state index in [1.165, 1.54) is 0 Å². The minimum absolute atomic E-state index is 0.0109. The topological polar surface area (TPSA) is 41.1 Å². The summed E-state index contributed by atoms with van der Waals surface area (Å²) in [5.74, 6) is -0.0109. The van der Waals surface area contributed by atoms with Crippen molar-refractivity contribution in [3.63, 3.8) is 0 Å². The van der Waals surface area contributed by atoms with Crippen LogP contribution in [-0.4, -0.2) is 31.0 Å². The molecule has 17 heavy (non-hydrogen) atoms. The summed E-state index contributed by atoms with van der Waals surface area (Å²) in [6, 6.07) is 7.53. The lowest BCUT2D eigenvalue weighted by Crippen LogP contribution is -2.26. The van der Waals surface area contributed by atoms with Crippen LogP contribution in [0.1, 0.15) is 23.7 Å². The van der Waals surface area contributed by atoms with Crippen molar-refractivity contribution in [2.24, 2.45) is 0 Å². The Morgan fingerprint density at radius 2 is 2.12 bits per heavy atom. The molecule has 0 aliphatic rings. The smallest absolute Gasteiger partial charge is 0.253 e. The molecule has 0 aromatic heterocycles. The molecular formula is C13H20N2OS. The summed E-state index contributed by atoms with van der Waals surface area (Å²) >= 11 is 1.82. The predicted molar refractivity (Wildman–Crippen MR) is 75.9 cm³/mol. The molecule has 0 saturated heterocycles. The van der Waals surface area contributed by atoms with Gasteiger partial charge in [0.2, 0.25) is 0 Å². The lowest BCUT2D eigenvalue weighted by atomic mass is 10.1. The fourth-order valence-corrected chi connectivity index (χ4v) is 1.85. The second-order valence-corrected chi connectivity index (χ2v) is 5.16. The highest BCUT2D eigenvalue weighted by molar-refractivity contribution is 7.99. The van der Waals surface area contributed by atoms with Gasteiger partial charge in [0.15, 0.2) is 0 Å². The van der Waals surface area contributed by atoms with E-state index in [4.69, 9.17) is 0 Å². The summed E-state index contributed by atoms with van der Waals surface area (Å²) in [4.78, 5) is 11.9. The van der Waals surface area contributed by atoms with E-state index in [1.54, 1.807) is 0 Å².